The van der Waals surface area contributed by atoms with E-state index in [1.807, 2.05) is 0 Å². The molecule has 0 aliphatic heterocycles. The van der Waals surface area contributed by atoms with Gasteiger partial charge in [-0.05, 0) is 12.8 Å². The first kappa shape index (κ1) is 10.7. The highest BCUT2D eigenvalue weighted by atomic mass is 35.5. The molecule has 0 saturated heterocycles. The number of aliphatic carboxylic acids is 1. The van der Waals surface area contributed by atoms with Gasteiger partial charge in [-0.2, -0.15) is 0 Å². The number of halogens is 2. The maximum absolute atomic E-state index is 12.5. The second-order valence-corrected chi connectivity index (χ2v) is 2.69. The maximum Gasteiger partial charge on any atom is 0.306 e. The van der Waals surface area contributed by atoms with Crippen molar-refractivity contribution in [3.8, 4) is 0 Å². The topological polar surface area (TPSA) is 63.3 Å². The van der Waals surface area contributed by atoms with Crippen LogP contribution in [0.5, 0.6) is 0 Å². The molecule has 1 rings (SSSR count). The number of alkyl halides is 1. The minimum Gasteiger partial charge on any atom is -0.481 e. The molecule has 0 spiro atoms. The van der Waals surface area contributed by atoms with Gasteiger partial charge in [-0.25, -0.2) is 4.39 Å². The van der Waals surface area contributed by atoms with E-state index in [2.05, 4.69) is 0 Å². The van der Waals surface area contributed by atoms with Crippen molar-refractivity contribution in [2.45, 2.75) is 25.1 Å². The molecule has 0 heterocycles. The number of nitrogens with two attached hydrogens (primary N) is 1. The Labute approximate surface area is 70.2 Å². The van der Waals surface area contributed by atoms with Crippen LogP contribution in [0.4, 0.5) is 4.39 Å². The van der Waals surface area contributed by atoms with Crippen LogP contribution in [0.2, 0.25) is 0 Å². The number of rotatable bonds is 1. The largest absolute Gasteiger partial charge is 0.481 e. The normalized spacial score (nSPS) is 36.4. The molecule has 1 fully saturated rings. The third kappa shape index (κ3) is 2.31. The fourth-order valence-electron chi connectivity index (χ4n) is 1.22. The monoisotopic (exact) mass is 183 g/mol. The molecule has 1 aliphatic carbocycles. The average molecular weight is 184 g/mol. The van der Waals surface area contributed by atoms with E-state index >= 15 is 0 Å². The van der Waals surface area contributed by atoms with Crippen molar-refractivity contribution >= 4 is 18.4 Å². The van der Waals surface area contributed by atoms with Crippen molar-refractivity contribution in [1.82, 2.24) is 0 Å². The van der Waals surface area contributed by atoms with E-state index in [0.29, 0.717) is 0 Å². The van der Waals surface area contributed by atoms with Gasteiger partial charge in [-0.3, -0.25) is 4.79 Å². The lowest BCUT2D eigenvalue weighted by molar-refractivity contribution is -0.141. The molecular weight excluding hydrogens is 173 g/mol. The first-order valence-corrected chi connectivity index (χ1v) is 3.23. The molecule has 1 aliphatic rings. The summed E-state index contributed by atoms with van der Waals surface area (Å²) in [6.07, 6.45) is -0.770. The van der Waals surface area contributed by atoms with Gasteiger partial charge in [0.05, 0.1) is 5.92 Å². The Kier molecular flexibility index (Phi) is 3.75. The minimum atomic E-state index is -1.12. The first-order chi connectivity index (χ1) is 4.61. The second kappa shape index (κ2) is 3.88. The smallest absolute Gasteiger partial charge is 0.306 e. The van der Waals surface area contributed by atoms with E-state index in [4.69, 9.17) is 10.8 Å². The van der Waals surface area contributed by atoms with E-state index < -0.39 is 24.1 Å². The zero-order chi connectivity index (χ0) is 7.72. The summed E-state index contributed by atoms with van der Waals surface area (Å²) in [6, 6.07) is -0.568. The molecule has 3 atom stereocenters. The standard InChI is InChI=1S/C6H10FNO2.ClH/c7-4-1-3(6(9)10)2-5(4)8;/h3-5H,1-2,8H2,(H,9,10);1H/t3-,4-,5-;/m0./s1. The van der Waals surface area contributed by atoms with E-state index in [9.17, 15) is 9.18 Å². The van der Waals surface area contributed by atoms with Gasteiger partial charge in [0.1, 0.15) is 6.17 Å². The molecule has 0 aromatic rings. The lowest BCUT2D eigenvalue weighted by atomic mass is 10.1. The summed E-state index contributed by atoms with van der Waals surface area (Å²) in [7, 11) is 0. The summed E-state index contributed by atoms with van der Waals surface area (Å²) in [5.41, 5.74) is 5.27. The Balaban J connectivity index is 0.000001000. The molecule has 5 heteroatoms. The zero-order valence-electron chi connectivity index (χ0n) is 5.87. The molecule has 0 radical (unpaired) electrons. The molecule has 0 unspecified atom stereocenters. The first-order valence-electron chi connectivity index (χ1n) is 3.23. The van der Waals surface area contributed by atoms with Crippen molar-refractivity contribution < 1.29 is 14.3 Å². The molecule has 3 nitrogen and oxygen atoms in total. The van der Waals surface area contributed by atoms with Gasteiger partial charge in [0, 0.05) is 6.04 Å². The Morgan fingerprint density at radius 1 is 1.55 bits per heavy atom. The van der Waals surface area contributed by atoms with Gasteiger partial charge in [0.15, 0.2) is 0 Å². The summed E-state index contributed by atoms with van der Waals surface area (Å²) in [6.45, 7) is 0. The summed E-state index contributed by atoms with van der Waals surface area (Å²) in [5.74, 6) is -1.50. The fourth-order valence-corrected chi connectivity index (χ4v) is 1.22. The third-order valence-corrected chi connectivity index (χ3v) is 1.88. The molecule has 11 heavy (non-hydrogen) atoms. The third-order valence-electron chi connectivity index (χ3n) is 1.88. The summed E-state index contributed by atoms with van der Waals surface area (Å²) >= 11 is 0. The average Bonchev–Trinajstić information content (AvgIpc) is 2.13. The Hall–Kier alpha value is -0.350. The Bertz CT molecular complexity index is 146. The molecule has 0 amide bonds. The molecule has 0 aromatic heterocycles. The number of hydrogen-bond acceptors (Lipinski definition) is 2. The second-order valence-electron chi connectivity index (χ2n) is 2.69. The van der Waals surface area contributed by atoms with Crippen LogP contribution in [0, 0.1) is 5.92 Å². The van der Waals surface area contributed by atoms with Crippen molar-refractivity contribution in [2.75, 3.05) is 0 Å². The summed E-state index contributed by atoms with van der Waals surface area (Å²) in [4.78, 5) is 10.3. The van der Waals surface area contributed by atoms with Crippen LogP contribution in [0.15, 0.2) is 0 Å². The Morgan fingerprint density at radius 3 is 2.27 bits per heavy atom. The molecule has 0 aromatic carbocycles. The summed E-state index contributed by atoms with van der Waals surface area (Å²) in [5, 5.41) is 8.43. The number of carbonyl (C=O) groups is 1. The van der Waals surface area contributed by atoms with Crippen molar-refractivity contribution in [3.05, 3.63) is 0 Å². The number of carboxylic acids is 1. The van der Waals surface area contributed by atoms with E-state index in [0.717, 1.165) is 0 Å². The van der Waals surface area contributed by atoms with Crippen molar-refractivity contribution in [1.29, 1.82) is 0 Å². The minimum absolute atomic E-state index is 0. The van der Waals surface area contributed by atoms with Crippen LogP contribution in [-0.2, 0) is 4.79 Å². The van der Waals surface area contributed by atoms with E-state index in [-0.39, 0.29) is 25.2 Å². The highest BCUT2D eigenvalue weighted by Crippen LogP contribution is 2.26. The van der Waals surface area contributed by atoms with E-state index in [1.54, 1.807) is 0 Å². The van der Waals surface area contributed by atoms with Crippen LogP contribution < -0.4 is 5.73 Å². The number of hydrogen-bond donors (Lipinski definition) is 2. The van der Waals surface area contributed by atoms with Gasteiger partial charge in [-0.15, -0.1) is 12.4 Å². The van der Waals surface area contributed by atoms with Gasteiger partial charge in [-0.1, -0.05) is 0 Å². The van der Waals surface area contributed by atoms with Gasteiger partial charge >= 0.3 is 5.97 Å². The molecular formula is C6H11ClFNO2. The van der Waals surface area contributed by atoms with Crippen LogP contribution in [-0.4, -0.2) is 23.3 Å². The SMILES string of the molecule is Cl.N[C@H]1C[C@@H](C(=O)O)C[C@@H]1F. The molecule has 3 N–H and O–H groups in total. The lowest BCUT2D eigenvalue weighted by Crippen LogP contribution is -2.25. The molecule has 0 bridgehead atoms. The lowest BCUT2D eigenvalue weighted by Gasteiger charge is -2.01. The van der Waals surface area contributed by atoms with Gasteiger partial charge in [0.25, 0.3) is 0 Å². The van der Waals surface area contributed by atoms with Gasteiger partial charge in [0.2, 0.25) is 0 Å². The highest BCUT2D eigenvalue weighted by Gasteiger charge is 2.35. The fraction of sp³-hybridized carbons (Fsp3) is 0.833. The van der Waals surface area contributed by atoms with Gasteiger partial charge < -0.3 is 10.8 Å². The van der Waals surface area contributed by atoms with Crippen LogP contribution in [0.1, 0.15) is 12.8 Å². The molecule has 66 valence electrons. The highest BCUT2D eigenvalue weighted by molar-refractivity contribution is 5.85. The van der Waals surface area contributed by atoms with Crippen LogP contribution in [0.3, 0.4) is 0 Å². The predicted octanol–water partition coefficient (Wildman–Crippen LogP) is 0.568. The van der Waals surface area contributed by atoms with Crippen LogP contribution in [0.25, 0.3) is 0 Å². The quantitative estimate of drug-likeness (QED) is 0.625. The predicted molar refractivity (Wildman–Crippen MR) is 40.5 cm³/mol. The Morgan fingerprint density at radius 2 is 2.09 bits per heavy atom. The van der Waals surface area contributed by atoms with Crippen molar-refractivity contribution in [3.63, 3.8) is 0 Å². The van der Waals surface area contributed by atoms with Crippen LogP contribution >= 0.6 is 12.4 Å². The zero-order valence-corrected chi connectivity index (χ0v) is 6.68. The molecule has 1 saturated carbocycles. The summed E-state index contributed by atoms with van der Waals surface area (Å²) < 4.78 is 12.5. The van der Waals surface area contributed by atoms with Crippen molar-refractivity contribution in [2.24, 2.45) is 11.7 Å². The van der Waals surface area contributed by atoms with E-state index in [1.165, 1.54) is 0 Å². The maximum atomic E-state index is 12.5. The number of carboxylic acid groups (broad SMARTS) is 1.